The zero-order valence-electron chi connectivity index (χ0n) is 13.1. The number of amides is 1. The number of carbonyl (C=O) groups is 1. The first kappa shape index (κ1) is 18.4. The molecule has 0 saturated heterocycles. The molecule has 0 aliphatic heterocycles. The third-order valence-electron chi connectivity index (χ3n) is 3.23. The molecule has 2 N–H and O–H groups in total. The summed E-state index contributed by atoms with van der Waals surface area (Å²) in [6.45, 7) is 1.48. The Hall–Kier alpha value is -1.90. The van der Waals surface area contributed by atoms with Gasteiger partial charge in [-0.3, -0.25) is 4.79 Å². The minimum absolute atomic E-state index is 0.0591. The molecule has 1 atom stereocenters. The van der Waals surface area contributed by atoms with Crippen molar-refractivity contribution >= 4 is 37.5 Å². The molecule has 8 heteroatoms. The monoisotopic (exact) mass is 412 g/mol. The Kier molecular flexibility index (Phi) is 5.98. The van der Waals surface area contributed by atoms with Gasteiger partial charge >= 0.3 is 0 Å². The molecular formula is C16H17BrN2O4S. The Bertz CT molecular complexity index is 822. The molecule has 2 aromatic carbocycles. The number of sulfonamides is 1. The van der Waals surface area contributed by atoms with Crippen LogP contribution in [-0.2, 0) is 14.8 Å². The first-order valence-corrected chi connectivity index (χ1v) is 9.33. The number of ether oxygens (including phenoxy) is 1. The molecule has 128 valence electrons. The van der Waals surface area contributed by atoms with Crippen LogP contribution in [0, 0.1) is 0 Å². The molecule has 0 unspecified atom stereocenters. The first-order chi connectivity index (χ1) is 11.3. The summed E-state index contributed by atoms with van der Waals surface area (Å²) in [6, 6.07) is 12.1. The third-order valence-corrected chi connectivity index (χ3v) is 5.47. The lowest BCUT2D eigenvalue weighted by molar-refractivity contribution is -0.117. The SMILES string of the molecule is COc1ccc(S(=O)(=O)N[C@@H](C)C(=O)Nc2ccccc2Br)cc1. The van der Waals surface area contributed by atoms with Gasteiger partial charge in [0.2, 0.25) is 15.9 Å². The topological polar surface area (TPSA) is 84.5 Å². The second-order valence-corrected chi connectivity index (χ2v) is 7.56. The van der Waals surface area contributed by atoms with Crippen molar-refractivity contribution < 1.29 is 17.9 Å². The van der Waals surface area contributed by atoms with E-state index in [-0.39, 0.29) is 4.90 Å². The number of hydrogen-bond donors (Lipinski definition) is 2. The highest BCUT2D eigenvalue weighted by molar-refractivity contribution is 9.10. The molecule has 2 aromatic rings. The van der Waals surface area contributed by atoms with Gasteiger partial charge in [-0.25, -0.2) is 8.42 Å². The first-order valence-electron chi connectivity index (χ1n) is 7.05. The van der Waals surface area contributed by atoms with Gasteiger partial charge in [-0.15, -0.1) is 0 Å². The summed E-state index contributed by atoms with van der Waals surface area (Å²) in [4.78, 5) is 12.3. The number of methoxy groups -OCH3 is 1. The van der Waals surface area contributed by atoms with Gasteiger partial charge < -0.3 is 10.1 Å². The minimum Gasteiger partial charge on any atom is -0.497 e. The van der Waals surface area contributed by atoms with Crippen molar-refractivity contribution in [1.82, 2.24) is 4.72 Å². The van der Waals surface area contributed by atoms with Crippen molar-refractivity contribution in [1.29, 1.82) is 0 Å². The number of carbonyl (C=O) groups excluding carboxylic acids is 1. The van der Waals surface area contributed by atoms with Gasteiger partial charge in [-0.05, 0) is 59.3 Å². The maximum atomic E-state index is 12.3. The molecule has 0 saturated carbocycles. The lowest BCUT2D eigenvalue weighted by Gasteiger charge is -2.15. The highest BCUT2D eigenvalue weighted by atomic mass is 79.9. The number of rotatable bonds is 6. The van der Waals surface area contributed by atoms with Crippen molar-refractivity contribution in [3.05, 3.63) is 53.0 Å². The lowest BCUT2D eigenvalue weighted by Crippen LogP contribution is -2.41. The van der Waals surface area contributed by atoms with E-state index >= 15 is 0 Å². The highest BCUT2D eigenvalue weighted by Crippen LogP contribution is 2.21. The van der Waals surface area contributed by atoms with Gasteiger partial charge in [0.15, 0.2) is 0 Å². The second-order valence-electron chi connectivity index (χ2n) is 4.99. The van der Waals surface area contributed by atoms with Crippen LogP contribution < -0.4 is 14.8 Å². The average molecular weight is 413 g/mol. The molecule has 1 amide bonds. The van der Waals surface area contributed by atoms with Crippen molar-refractivity contribution in [3.8, 4) is 5.75 Å². The number of nitrogens with one attached hydrogen (secondary N) is 2. The molecule has 6 nitrogen and oxygen atoms in total. The van der Waals surface area contributed by atoms with Crippen LogP contribution in [0.1, 0.15) is 6.92 Å². The van der Waals surface area contributed by atoms with Crippen LogP contribution in [0.3, 0.4) is 0 Å². The Morgan fingerprint density at radius 3 is 2.33 bits per heavy atom. The van der Waals surface area contributed by atoms with Gasteiger partial charge in [0.05, 0.1) is 23.7 Å². The van der Waals surface area contributed by atoms with Crippen molar-refractivity contribution in [2.24, 2.45) is 0 Å². The Balaban J connectivity index is 2.08. The van der Waals surface area contributed by atoms with E-state index in [1.165, 1.54) is 26.2 Å². The van der Waals surface area contributed by atoms with Crippen LogP contribution in [0.5, 0.6) is 5.75 Å². The molecule has 0 spiro atoms. The van der Waals surface area contributed by atoms with E-state index < -0.39 is 22.0 Å². The van der Waals surface area contributed by atoms with E-state index in [0.29, 0.717) is 15.9 Å². The second kappa shape index (κ2) is 7.78. The molecule has 0 heterocycles. The number of hydrogen-bond acceptors (Lipinski definition) is 4. The van der Waals surface area contributed by atoms with E-state index in [2.05, 4.69) is 26.0 Å². The molecule has 0 aliphatic rings. The van der Waals surface area contributed by atoms with Crippen LogP contribution in [-0.4, -0.2) is 27.5 Å². The van der Waals surface area contributed by atoms with Gasteiger partial charge in [0.25, 0.3) is 0 Å². The quantitative estimate of drug-likeness (QED) is 0.763. The summed E-state index contributed by atoms with van der Waals surface area (Å²) in [5, 5.41) is 2.67. The molecule has 0 aromatic heterocycles. The largest absolute Gasteiger partial charge is 0.497 e. The Morgan fingerprint density at radius 1 is 1.12 bits per heavy atom. The zero-order valence-corrected chi connectivity index (χ0v) is 15.5. The molecule has 24 heavy (non-hydrogen) atoms. The number of para-hydroxylation sites is 1. The van der Waals surface area contributed by atoms with Crippen LogP contribution in [0.25, 0.3) is 0 Å². The van der Waals surface area contributed by atoms with Crippen molar-refractivity contribution in [2.45, 2.75) is 17.9 Å². The lowest BCUT2D eigenvalue weighted by atomic mass is 10.3. The number of halogens is 1. The highest BCUT2D eigenvalue weighted by Gasteiger charge is 2.22. The summed E-state index contributed by atoms with van der Waals surface area (Å²) in [7, 11) is -2.31. The molecular weight excluding hydrogens is 396 g/mol. The number of benzene rings is 2. The Morgan fingerprint density at radius 2 is 1.75 bits per heavy atom. The van der Waals surface area contributed by atoms with Crippen molar-refractivity contribution in [3.63, 3.8) is 0 Å². The summed E-state index contributed by atoms with van der Waals surface area (Å²) in [5.41, 5.74) is 0.568. The minimum atomic E-state index is -3.81. The summed E-state index contributed by atoms with van der Waals surface area (Å²) in [6.07, 6.45) is 0. The van der Waals surface area contributed by atoms with E-state index in [1.807, 2.05) is 6.07 Å². The smallest absolute Gasteiger partial charge is 0.242 e. The molecule has 0 radical (unpaired) electrons. The van der Waals surface area contributed by atoms with Gasteiger partial charge in [-0.2, -0.15) is 4.72 Å². The fourth-order valence-electron chi connectivity index (χ4n) is 1.91. The van der Waals surface area contributed by atoms with Crippen LogP contribution in [0.2, 0.25) is 0 Å². The van der Waals surface area contributed by atoms with Crippen LogP contribution in [0.15, 0.2) is 57.9 Å². The molecule has 0 aliphatic carbocycles. The van der Waals surface area contributed by atoms with E-state index in [4.69, 9.17) is 4.74 Å². The molecule has 0 fully saturated rings. The summed E-state index contributed by atoms with van der Waals surface area (Å²) >= 11 is 3.32. The molecule has 0 bridgehead atoms. The average Bonchev–Trinajstić information content (AvgIpc) is 2.56. The predicted molar refractivity (Wildman–Crippen MR) is 95.5 cm³/mol. The van der Waals surface area contributed by atoms with E-state index in [9.17, 15) is 13.2 Å². The van der Waals surface area contributed by atoms with Crippen LogP contribution >= 0.6 is 15.9 Å². The predicted octanol–water partition coefficient (Wildman–Crippen LogP) is 2.76. The normalized spacial score (nSPS) is 12.5. The van der Waals surface area contributed by atoms with Gasteiger partial charge in [0, 0.05) is 4.47 Å². The molecule has 2 rings (SSSR count). The van der Waals surface area contributed by atoms with E-state index in [0.717, 1.165) is 0 Å². The maximum absolute atomic E-state index is 12.3. The Labute approximate surface area is 149 Å². The van der Waals surface area contributed by atoms with Crippen molar-refractivity contribution in [2.75, 3.05) is 12.4 Å². The third kappa shape index (κ3) is 4.56. The van der Waals surface area contributed by atoms with Gasteiger partial charge in [0.1, 0.15) is 5.75 Å². The van der Waals surface area contributed by atoms with E-state index in [1.54, 1.807) is 30.3 Å². The van der Waals surface area contributed by atoms with Crippen LogP contribution in [0.4, 0.5) is 5.69 Å². The fourth-order valence-corrected chi connectivity index (χ4v) is 3.50. The number of anilines is 1. The summed E-state index contributed by atoms with van der Waals surface area (Å²) < 4.78 is 32.7. The zero-order chi connectivity index (χ0) is 17.7. The van der Waals surface area contributed by atoms with Gasteiger partial charge in [-0.1, -0.05) is 12.1 Å². The standard InChI is InChI=1S/C16H17BrN2O4S/c1-11(16(20)18-15-6-4-3-5-14(15)17)19-24(21,22)13-9-7-12(23-2)8-10-13/h3-11,19H,1-2H3,(H,18,20)/t11-/m0/s1. The maximum Gasteiger partial charge on any atom is 0.242 e. The summed E-state index contributed by atoms with van der Waals surface area (Å²) in [5.74, 6) is 0.0904. The fraction of sp³-hybridized carbons (Fsp3) is 0.188.